The van der Waals surface area contributed by atoms with Gasteiger partial charge in [-0.15, -0.1) is 12.4 Å². The zero-order chi connectivity index (χ0) is 13.9. The van der Waals surface area contributed by atoms with Crippen LogP contribution in [0.1, 0.15) is 12.5 Å². The molecule has 0 fully saturated rings. The predicted molar refractivity (Wildman–Crippen MR) is 73.9 cm³/mol. The molecule has 7 nitrogen and oxygen atoms in total. The number of nitro benzene ring substituents is 1. The molecule has 0 saturated carbocycles. The van der Waals surface area contributed by atoms with Gasteiger partial charge in [0, 0.05) is 24.7 Å². The molecule has 0 aliphatic heterocycles. The summed E-state index contributed by atoms with van der Waals surface area (Å²) in [6.45, 7) is 3.34. The average Bonchev–Trinajstić information content (AvgIpc) is 2.28. The van der Waals surface area contributed by atoms with Crippen molar-refractivity contribution in [1.29, 1.82) is 0 Å². The van der Waals surface area contributed by atoms with E-state index in [0.717, 1.165) is 6.07 Å². The van der Waals surface area contributed by atoms with Crippen LogP contribution in [0.2, 0.25) is 0 Å². The lowest BCUT2D eigenvalue weighted by Gasteiger charge is -2.13. The van der Waals surface area contributed by atoms with Crippen molar-refractivity contribution in [1.82, 2.24) is 4.72 Å². The molecule has 0 heterocycles. The molecule has 0 spiro atoms. The molecular formula is C10H16ClN3O4S. The van der Waals surface area contributed by atoms with Crippen LogP contribution in [0.3, 0.4) is 0 Å². The Kier molecular flexibility index (Phi) is 6.37. The molecular weight excluding hydrogens is 294 g/mol. The summed E-state index contributed by atoms with van der Waals surface area (Å²) >= 11 is 0. The van der Waals surface area contributed by atoms with E-state index in [1.807, 2.05) is 0 Å². The molecule has 0 aliphatic carbocycles. The number of nitrogens with two attached hydrogens (primary N) is 1. The second-order valence-corrected chi connectivity index (χ2v) is 5.65. The standard InChI is InChI=1S/C10H15N3O4S.ClH/c1-7-3-4-9(13(14)15)5-10(7)18(16,17)12-8(2)6-11;/h3-5,8,12H,6,11H2,1-2H3;1H/t8-;/m1./s1. The molecule has 0 saturated heterocycles. The summed E-state index contributed by atoms with van der Waals surface area (Å²) in [5.74, 6) is 0. The van der Waals surface area contributed by atoms with Crippen LogP contribution in [0.25, 0.3) is 0 Å². The van der Waals surface area contributed by atoms with Gasteiger partial charge in [0.25, 0.3) is 5.69 Å². The number of hydrogen-bond donors (Lipinski definition) is 2. The number of nitrogens with one attached hydrogen (secondary N) is 1. The topological polar surface area (TPSA) is 115 Å². The Bertz CT molecular complexity index is 562. The van der Waals surface area contributed by atoms with Gasteiger partial charge in [0.1, 0.15) is 0 Å². The second-order valence-electron chi connectivity index (χ2n) is 3.96. The van der Waals surface area contributed by atoms with E-state index in [1.54, 1.807) is 13.8 Å². The van der Waals surface area contributed by atoms with Gasteiger partial charge in [0.2, 0.25) is 10.0 Å². The highest BCUT2D eigenvalue weighted by Gasteiger charge is 2.21. The largest absolute Gasteiger partial charge is 0.329 e. The summed E-state index contributed by atoms with van der Waals surface area (Å²) in [6.07, 6.45) is 0. The van der Waals surface area contributed by atoms with Crippen LogP contribution >= 0.6 is 12.4 Å². The zero-order valence-electron chi connectivity index (χ0n) is 10.5. The Morgan fingerprint density at radius 2 is 2.05 bits per heavy atom. The molecule has 0 bridgehead atoms. The third-order valence-corrected chi connectivity index (χ3v) is 4.11. The Hall–Kier alpha value is -1.22. The van der Waals surface area contributed by atoms with Gasteiger partial charge >= 0.3 is 0 Å². The highest BCUT2D eigenvalue weighted by Crippen LogP contribution is 2.21. The number of sulfonamides is 1. The van der Waals surface area contributed by atoms with Gasteiger partial charge in [-0.2, -0.15) is 0 Å². The molecule has 1 aromatic rings. The van der Waals surface area contributed by atoms with E-state index < -0.39 is 21.0 Å². The molecule has 0 aromatic heterocycles. The van der Waals surface area contributed by atoms with Gasteiger partial charge < -0.3 is 5.73 Å². The van der Waals surface area contributed by atoms with E-state index >= 15 is 0 Å². The van der Waals surface area contributed by atoms with Gasteiger partial charge in [-0.3, -0.25) is 10.1 Å². The Morgan fingerprint density at radius 3 is 2.53 bits per heavy atom. The maximum absolute atomic E-state index is 12.0. The van der Waals surface area contributed by atoms with Crippen LogP contribution < -0.4 is 10.5 Å². The minimum atomic E-state index is -3.79. The quantitative estimate of drug-likeness (QED) is 0.620. The fourth-order valence-corrected chi connectivity index (χ4v) is 2.89. The van der Waals surface area contributed by atoms with Crippen LogP contribution in [-0.2, 0) is 10.0 Å². The van der Waals surface area contributed by atoms with Crippen LogP contribution in [0.5, 0.6) is 0 Å². The van der Waals surface area contributed by atoms with Crippen LogP contribution in [0, 0.1) is 17.0 Å². The lowest BCUT2D eigenvalue weighted by atomic mass is 10.2. The minimum Gasteiger partial charge on any atom is -0.329 e. The van der Waals surface area contributed by atoms with Crippen molar-refractivity contribution < 1.29 is 13.3 Å². The first-order valence-corrected chi connectivity index (χ1v) is 6.73. The fraction of sp³-hybridized carbons (Fsp3) is 0.400. The first-order valence-electron chi connectivity index (χ1n) is 5.25. The molecule has 108 valence electrons. The molecule has 1 aromatic carbocycles. The third-order valence-electron chi connectivity index (χ3n) is 2.38. The summed E-state index contributed by atoms with van der Waals surface area (Å²) < 4.78 is 26.4. The van der Waals surface area contributed by atoms with Gasteiger partial charge in [0.15, 0.2) is 0 Å². The maximum atomic E-state index is 12.0. The molecule has 0 aliphatic rings. The minimum absolute atomic E-state index is 0. The number of nitrogens with zero attached hydrogens (tertiary/aromatic N) is 1. The van der Waals surface area contributed by atoms with Crippen LogP contribution in [0.15, 0.2) is 23.1 Å². The number of nitro groups is 1. The van der Waals surface area contributed by atoms with Gasteiger partial charge in [-0.1, -0.05) is 6.07 Å². The van der Waals surface area contributed by atoms with Crippen LogP contribution in [0.4, 0.5) is 5.69 Å². The van der Waals surface area contributed by atoms with Crippen molar-refractivity contribution in [3.63, 3.8) is 0 Å². The second kappa shape index (κ2) is 6.80. The SMILES string of the molecule is Cc1ccc([N+](=O)[O-])cc1S(=O)(=O)N[C@H](C)CN.Cl. The molecule has 9 heteroatoms. The van der Waals surface area contributed by atoms with E-state index in [-0.39, 0.29) is 29.5 Å². The first kappa shape index (κ1) is 17.8. The van der Waals surface area contributed by atoms with Crippen molar-refractivity contribution in [2.45, 2.75) is 24.8 Å². The Balaban J connectivity index is 0.00000324. The highest BCUT2D eigenvalue weighted by atomic mass is 35.5. The van der Waals surface area contributed by atoms with E-state index in [9.17, 15) is 18.5 Å². The molecule has 3 N–H and O–H groups in total. The van der Waals surface area contributed by atoms with E-state index in [4.69, 9.17) is 5.73 Å². The molecule has 0 radical (unpaired) electrons. The van der Waals surface area contributed by atoms with Crippen molar-refractivity contribution in [2.75, 3.05) is 6.54 Å². The summed E-state index contributed by atoms with van der Waals surface area (Å²) in [5, 5.41) is 10.6. The zero-order valence-corrected chi connectivity index (χ0v) is 12.1. The van der Waals surface area contributed by atoms with Crippen LogP contribution in [-0.4, -0.2) is 25.9 Å². The average molecular weight is 310 g/mol. The molecule has 0 amide bonds. The first-order chi connectivity index (χ1) is 8.27. The monoisotopic (exact) mass is 309 g/mol. The van der Waals surface area contributed by atoms with Crippen molar-refractivity contribution in [3.8, 4) is 0 Å². The predicted octanol–water partition coefficient (Wildman–Crippen LogP) is 0.951. The molecule has 0 unspecified atom stereocenters. The Labute approximate surface area is 117 Å². The third kappa shape index (κ3) is 4.43. The summed E-state index contributed by atoms with van der Waals surface area (Å²) in [7, 11) is -3.79. The number of benzene rings is 1. The normalized spacial score (nSPS) is 12.6. The van der Waals surface area contributed by atoms with E-state index in [0.29, 0.717) is 5.56 Å². The number of hydrogen-bond acceptors (Lipinski definition) is 5. The lowest BCUT2D eigenvalue weighted by molar-refractivity contribution is -0.385. The van der Waals surface area contributed by atoms with Gasteiger partial charge in [-0.25, -0.2) is 13.1 Å². The number of halogens is 1. The molecule has 1 atom stereocenters. The number of non-ortho nitro benzene ring substituents is 1. The van der Waals surface area contributed by atoms with E-state index in [2.05, 4.69) is 4.72 Å². The molecule has 19 heavy (non-hydrogen) atoms. The smallest absolute Gasteiger partial charge is 0.270 e. The van der Waals surface area contributed by atoms with E-state index in [1.165, 1.54) is 12.1 Å². The Morgan fingerprint density at radius 1 is 1.47 bits per heavy atom. The summed E-state index contributed by atoms with van der Waals surface area (Å²) in [5.41, 5.74) is 5.52. The number of rotatable bonds is 5. The highest BCUT2D eigenvalue weighted by molar-refractivity contribution is 7.89. The van der Waals surface area contributed by atoms with Gasteiger partial charge in [-0.05, 0) is 19.4 Å². The van der Waals surface area contributed by atoms with Crippen molar-refractivity contribution in [2.24, 2.45) is 5.73 Å². The maximum Gasteiger partial charge on any atom is 0.270 e. The number of aryl methyl sites for hydroxylation is 1. The van der Waals surface area contributed by atoms with Crippen molar-refractivity contribution in [3.05, 3.63) is 33.9 Å². The summed E-state index contributed by atoms with van der Waals surface area (Å²) in [4.78, 5) is 9.91. The molecule has 1 rings (SSSR count). The van der Waals surface area contributed by atoms with Crippen molar-refractivity contribution >= 4 is 28.1 Å². The summed E-state index contributed by atoms with van der Waals surface area (Å²) in [6, 6.07) is 3.27. The lowest BCUT2D eigenvalue weighted by Crippen LogP contribution is -2.38. The fourth-order valence-electron chi connectivity index (χ4n) is 1.37. The van der Waals surface area contributed by atoms with Gasteiger partial charge in [0.05, 0.1) is 9.82 Å².